The van der Waals surface area contributed by atoms with Crippen LogP contribution in [0.2, 0.25) is 0 Å². The summed E-state index contributed by atoms with van der Waals surface area (Å²) in [4.78, 5) is 0.271. The number of anilines is 1. The monoisotopic (exact) mass is 335 g/mol. The van der Waals surface area contributed by atoms with Crippen LogP contribution >= 0.6 is 0 Å². The maximum absolute atomic E-state index is 12.6. The van der Waals surface area contributed by atoms with Gasteiger partial charge in [0.25, 0.3) is 10.0 Å². The first kappa shape index (κ1) is 17.5. The van der Waals surface area contributed by atoms with Gasteiger partial charge in [0.05, 0.1) is 22.0 Å². The predicted octanol–water partition coefficient (Wildman–Crippen LogP) is 3.83. The van der Waals surface area contributed by atoms with E-state index in [-0.39, 0.29) is 4.90 Å². The van der Waals surface area contributed by atoms with Gasteiger partial charge in [-0.2, -0.15) is 5.10 Å². The first-order chi connectivity index (χ1) is 10.8. The molecule has 1 aromatic heterocycles. The van der Waals surface area contributed by atoms with Crippen molar-refractivity contribution in [3.05, 3.63) is 41.2 Å². The molecule has 1 unspecified atom stereocenters. The van der Waals surface area contributed by atoms with Gasteiger partial charge in [0.1, 0.15) is 0 Å². The summed E-state index contributed by atoms with van der Waals surface area (Å²) in [6.45, 7) is 10.6. The lowest BCUT2D eigenvalue weighted by atomic mass is 9.99. The predicted molar refractivity (Wildman–Crippen MR) is 93.3 cm³/mol. The van der Waals surface area contributed by atoms with Crippen LogP contribution in [0.1, 0.15) is 50.1 Å². The maximum atomic E-state index is 12.6. The molecule has 1 aromatic carbocycles. The normalized spacial score (nSPS) is 13.1. The van der Waals surface area contributed by atoms with Crippen LogP contribution in [0.5, 0.6) is 0 Å². The van der Waals surface area contributed by atoms with Gasteiger partial charge in [-0.05, 0) is 50.8 Å². The molecule has 126 valence electrons. The molecular formula is C17H25N3O2S. The summed E-state index contributed by atoms with van der Waals surface area (Å²) in [6, 6.07) is 7.10. The van der Waals surface area contributed by atoms with Gasteiger partial charge < -0.3 is 0 Å². The third-order valence-corrected chi connectivity index (χ3v) is 5.65. The SMILES string of the molecule is CCC(C)c1ccc(S(=O)(=O)Nc2c(C)nn(CC)c2C)cc1. The second-order valence-electron chi connectivity index (χ2n) is 5.85. The molecule has 1 N–H and O–H groups in total. The zero-order chi connectivity index (χ0) is 17.2. The molecule has 0 saturated heterocycles. The fourth-order valence-electron chi connectivity index (χ4n) is 2.56. The zero-order valence-electron chi connectivity index (χ0n) is 14.4. The molecular weight excluding hydrogens is 310 g/mol. The summed E-state index contributed by atoms with van der Waals surface area (Å²) in [5.74, 6) is 0.423. The van der Waals surface area contributed by atoms with E-state index in [4.69, 9.17) is 0 Å². The van der Waals surface area contributed by atoms with Crippen LogP contribution in [0, 0.1) is 13.8 Å². The zero-order valence-corrected chi connectivity index (χ0v) is 15.2. The number of nitrogens with zero attached hydrogens (tertiary/aromatic N) is 2. The van der Waals surface area contributed by atoms with E-state index in [1.807, 2.05) is 32.9 Å². The maximum Gasteiger partial charge on any atom is 0.262 e. The van der Waals surface area contributed by atoms with E-state index in [1.165, 1.54) is 0 Å². The van der Waals surface area contributed by atoms with Crippen LogP contribution in [0.25, 0.3) is 0 Å². The molecule has 0 amide bonds. The number of benzene rings is 1. The number of aryl methyl sites for hydroxylation is 2. The molecule has 6 heteroatoms. The Balaban J connectivity index is 2.31. The number of hydrogen-bond acceptors (Lipinski definition) is 3. The summed E-state index contributed by atoms with van der Waals surface area (Å²) >= 11 is 0. The molecule has 0 aliphatic rings. The van der Waals surface area contributed by atoms with E-state index in [2.05, 4.69) is 23.7 Å². The average molecular weight is 335 g/mol. The minimum Gasteiger partial charge on any atom is -0.276 e. The topological polar surface area (TPSA) is 64.0 Å². The highest BCUT2D eigenvalue weighted by Gasteiger charge is 2.19. The molecule has 1 heterocycles. The van der Waals surface area contributed by atoms with Crippen LogP contribution < -0.4 is 4.72 Å². The van der Waals surface area contributed by atoms with Crippen molar-refractivity contribution in [1.29, 1.82) is 0 Å². The first-order valence-corrected chi connectivity index (χ1v) is 9.45. The largest absolute Gasteiger partial charge is 0.276 e. The van der Waals surface area contributed by atoms with Crippen LogP contribution in [-0.4, -0.2) is 18.2 Å². The minimum absolute atomic E-state index is 0.271. The Bertz CT molecular complexity index is 777. The summed E-state index contributed by atoms with van der Waals surface area (Å²) in [7, 11) is -3.61. The highest BCUT2D eigenvalue weighted by molar-refractivity contribution is 7.92. The molecule has 23 heavy (non-hydrogen) atoms. The van der Waals surface area contributed by atoms with E-state index in [0.717, 1.165) is 17.7 Å². The third-order valence-electron chi connectivity index (χ3n) is 4.29. The second kappa shape index (κ2) is 6.74. The Morgan fingerprint density at radius 1 is 1.17 bits per heavy atom. The lowest BCUT2D eigenvalue weighted by Gasteiger charge is -2.11. The lowest BCUT2D eigenvalue weighted by molar-refractivity contribution is 0.601. The van der Waals surface area contributed by atoms with Crippen LogP contribution in [0.4, 0.5) is 5.69 Å². The van der Waals surface area contributed by atoms with Crippen LogP contribution in [-0.2, 0) is 16.6 Å². The number of hydrogen-bond donors (Lipinski definition) is 1. The Morgan fingerprint density at radius 2 is 1.78 bits per heavy atom. The third kappa shape index (κ3) is 3.58. The van der Waals surface area contributed by atoms with Crippen molar-refractivity contribution in [2.45, 2.75) is 58.4 Å². The number of nitrogens with one attached hydrogen (secondary N) is 1. The smallest absolute Gasteiger partial charge is 0.262 e. The summed E-state index contributed by atoms with van der Waals surface area (Å²) < 4.78 is 29.7. The molecule has 2 rings (SSSR count). The average Bonchev–Trinajstić information content (AvgIpc) is 2.81. The van der Waals surface area contributed by atoms with Gasteiger partial charge in [-0.1, -0.05) is 26.0 Å². The molecule has 0 radical (unpaired) electrons. The van der Waals surface area contributed by atoms with E-state index in [9.17, 15) is 8.42 Å². The van der Waals surface area contributed by atoms with Gasteiger partial charge in [0.2, 0.25) is 0 Å². The number of rotatable bonds is 6. The van der Waals surface area contributed by atoms with Crippen molar-refractivity contribution in [3.63, 3.8) is 0 Å². The number of aromatic nitrogens is 2. The van der Waals surface area contributed by atoms with E-state index < -0.39 is 10.0 Å². The molecule has 0 aliphatic carbocycles. The van der Waals surface area contributed by atoms with Crippen LogP contribution in [0.3, 0.4) is 0 Å². The molecule has 0 aliphatic heterocycles. The highest BCUT2D eigenvalue weighted by atomic mass is 32.2. The van der Waals surface area contributed by atoms with Crippen molar-refractivity contribution in [2.75, 3.05) is 4.72 Å². The molecule has 0 saturated carbocycles. The fraction of sp³-hybridized carbons (Fsp3) is 0.471. The highest BCUT2D eigenvalue weighted by Crippen LogP contribution is 2.25. The van der Waals surface area contributed by atoms with Crippen molar-refractivity contribution < 1.29 is 8.42 Å². The fourth-order valence-corrected chi connectivity index (χ4v) is 3.73. The first-order valence-electron chi connectivity index (χ1n) is 7.96. The summed E-state index contributed by atoms with van der Waals surface area (Å²) in [5.41, 5.74) is 3.23. The Kier molecular flexibility index (Phi) is 5.14. The van der Waals surface area contributed by atoms with Gasteiger partial charge in [-0.15, -0.1) is 0 Å². The van der Waals surface area contributed by atoms with Gasteiger partial charge in [-0.3, -0.25) is 9.40 Å². The van der Waals surface area contributed by atoms with Crippen molar-refractivity contribution in [3.8, 4) is 0 Å². The number of sulfonamides is 1. The molecule has 2 aromatic rings. The van der Waals surface area contributed by atoms with Gasteiger partial charge in [0.15, 0.2) is 0 Å². The minimum atomic E-state index is -3.61. The summed E-state index contributed by atoms with van der Waals surface area (Å²) in [5, 5.41) is 4.34. The van der Waals surface area contributed by atoms with Crippen LogP contribution in [0.15, 0.2) is 29.2 Å². The van der Waals surface area contributed by atoms with Crippen molar-refractivity contribution in [1.82, 2.24) is 9.78 Å². The molecule has 0 spiro atoms. The molecule has 1 atom stereocenters. The van der Waals surface area contributed by atoms with Gasteiger partial charge in [0, 0.05) is 6.54 Å². The van der Waals surface area contributed by atoms with Crippen molar-refractivity contribution in [2.24, 2.45) is 0 Å². The molecule has 0 fully saturated rings. The van der Waals surface area contributed by atoms with Gasteiger partial charge >= 0.3 is 0 Å². The molecule has 5 nitrogen and oxygen atoms in total. The Labute approximate surface area is 138 Å². The van der Waals surface area contributed by atoms with E-state index >= 15 is 0 Å². The Morgan fingerprint density at radius 3 is 2.26 bits per heavy atom. The second-order valence-corrected chi connectivity index (χ2v) is 7.53. The quantitative estimate of drug-likeness (QED) is 0.872. The standard InChI is InChI=1S/C17H25N3O2S/c1-6-12(3)15-8-10-16(11-9-15)23(21,22)19-17-13(4)18-20(7-2)14(17)5/h8-12,19H,6-7H2,1-5H3. The van der Waals surface area contributed by atoms with E-state index in [0.29, 0.717) is 23.8 Å². The van der Waals surface area contributed by atoms with E-state index in [1.54, 1.807) is 16.8 Å². The van der Waals surface area contributed by atoms with Crippen molar-refractivity contribution >= 4 is 15.7 Å². The summed E-state index contributed by atoms with van der Waals surface area (Å²) in [6.07, 6.45) is 1.03. The Hall–Kier alpha value is -1.82. The van der Waals surface area contributed by atoms with Gasteiger partial charge in [-0.25, -0.2) is 8.42 Å². The lowest BCUT2D eigenvalue weighted by Crippen LogP contribution is -2.14. The molecule has 0 bridgehead atoms.